The number of nitrogens with zero attached hydrogens (tertiary/aromatic N) is 2. The van der Waals surface area contributed by atoms with E-state index in [-0.39, 0.29) is 36.4 Å². The van der Waals surface area contributed by atoms with Gasteiger partial charge in [0.25, 0.3) is 17.7 Å². The molecular formula is C14H11FN2O4. The Hall–Kier alpha value is -2.70. The molecule has 0 unspecified atom stereocenters. The van der Waals surface area contributed by atoms with E-state index < -0.39 is 5.82 Å². The summed E-state index contributed by atoms with van der Waals surface area (Å²) < 4.78 is 23.2. The number of imide groups is 1. The number of methoxy groups -OCH3 is 1. The number of amides is 2. The van der Waals surface area contributed by atoms with Crippen LogP contribution in [0.1, 0.15) is 26.5 Å². The highest BCUT2D eigenvalue weighted by Crippen LogP contribution is 2.24. The SMILES string of the molecule is COc1noc(CCN2C(=O)c3ccccc3C2=O)c1F. The third-order valence-corrected chi connectivity index (χ3v) is 3.31. The average Bonchev–Trinajstić information content (AvgIpc) is 2.97. The van der Waals surface area contributed by atoms with E-state index in [1.165, 1.54) is 7.11 Å². The van der Waals surface area contributed by atoms with Crippen LogP contribution in [0.3, 0.4) is 0 Å². The maximum Gasteiger partial charge on any atom is 0.290 e. The van der Waals surface area contributed by atoms with Gasteiger partial charge < -0.3 is 9.26 Å². The van der Waals surface area contributed by atoms with Crippen LogP contribution < -0.4 is 4.74 Å². The van der Waals surface area contributed by atoms with Crippen LogP contribution in [0, 0.1) is 5.82 Å². The molecule has 1 aromatic carbocycles. The summed E-state index contributed by atoms with van der Waals surface area (Å²) in [6, 6.07) is 6.56. The summed E-state index contributed by atoms with van der Waals surface area (Å²) in [4.78, 5) is 25.3. The summed E-state index contributed by atoms with van der Waals surface area (Å²) in [7, 11) is 1.27. The Bertz CT molecular complexity index is 691. The van der Waals surface area contributed by atoms with Gasteiger partial charge in [-0.25, -0.2) is 0 Å². The van der Waals surface area contributed by atoms with Crippen LogP contribution in [0.5, 0.6) is 5.88 Å². The molecule has 0 atom stereocenters. The van der Waals surface area contributed by atoms with Gasteiger partial charge in [-0.1, -0.05) is 12.1 Å². The third-order valence-electron chi connectivity index (χ3n) is 3.31. The van der Waals surface area contributed by atoms with Crippen molar-refractivity contribution in [3.8, 4) is 5.88 Å². The van der Waals surface area contributed by atoms with Crippen LogP contribution >= 0.6 is 0 Å². The molecule has 2 amide bonds. The first-order valence-electron chi connectivity index (χ1n) is 6.26. The Morgan fingerprint density at radius 2 is 1.86 bits per heavy atom. The Morgan fingerprint density at radius 1 is 1.24 bits per heavy atom. The Labute approximate surface area is 119 Å². The van der Waals surface area contributed by atoms with Crippen molar-refractivity contribution in [1.82, 2.24) is 10.1 Å². The van der Waals surface area contributed by atoms with Crippen LogP contribution in [-0.4, -0.2) is 35.5 Å². The summed E-state index contributed by atoms with van der Waals surface area (Å²) in [6.45, 7) is 0.0155. The van der Waals surface area contributed by atoms with Gasteiger partial charge in [0.2, 0.25) is 5.82 Å². The zero-order valence-electron chi connectivity index (χ0n) is 11.1. The maximum atomic E-state index is 13.7. The Morgan fingerprint density at radius 3 is 2.38 bits per heavy atom. The molecule has 21 heavy (non-hydrogen) atoms. The zero-order chi connectivity index (χ0) is 15.0. The number of rotatable bonds is 4. The predicted molar refractivity (Wildman–Crippen MR) is 68.5 cm³/mol. The van der Waals surface area contributed by atoms with Gasteiger partial charge in [0.1, 0.15) is 0 Å². The first kappa shape index (κ1) is 13.3. The molecule has 0 aliphatic carbocycles. The number of carbonyl (C=O) groups excluding carboxylic acids is 2. The van der Waals surface area contributed by atoms with Crippen molar-refractivity contribution in [3.63, 3.8) is 0 Å². The molecule has 1 aliphatic rings. The molecule has 3 rings (SSSR count). The van der Waals surface area contributed by atoms with Crippen LogP contribution in [-0.2, 0) is 6.42 Å². The quantitative estimate of drug-likeness (QED) is 0.801. The maximum absolute atomic E-state index is 13.7. The van der Waals surface area contributed by atoms with Crippen molar-refractivity contribution in [2.24, 2.45) is 0 Å². The lowest BCUT2D eigenvalue weighted by Gasteiger charge is -2.12. The minimum Gasteiger partial charge on any atom is -0.477 e. The second-order valence-corrected chi connectivity index (χ2v) is 4.49. The zero-order valence-corrected chi connectivity index (χ0v) is 11.1. The number of hydrogen-bond donors (Lipinski definition) is 0. The molecule has 2 aromatic rings. The van der Waals surface area contributed by atoms with Gasteiger partial charge in [-0.3, -0.25) is 14.5 Å². The van der Waals surface area contributed by atoms with E-state index >= 15 is 0 Å². The molecule has 0 bridgehead atoms. The summed E-state index contributed by atoms with van der Waals surface area (Å²) in [6.07, 6.45) is 0.0354. The number of aromatic nitrogens is 1. The second kappa shape index (κ2) is 5.01. The average molecular weight is 290 g/mol. The molecule has 0 spiro atoms. The molecule has 1 aromatic heterocycles. The van der Waals surface area contributed by atoms with Gasteiger partial charge in [0.05, 0.1) is 18.2 Å². The van der Waals surface area contributed by atoms with Crippen molar-refractivity contribution in [1.29, 1.82) is 0 Å². The first-order chi connectivity index (χ1) is 10.1. The van der Waals surface area contributed by atoms with Crippen LogP contribution in [0.2, 0.25) is 0 Å². The highest BCUT2D eigenvalue weighted by molar-refractivity contribution is 6.21. The number of halogens is 1. The fraction of sp³-hybridized carbons (Fsp3) is 0.214. The van der Waals surface area contributed by atoms with Crippen molar-refractivity contribution in [2.45, 2.75) is 6.42 Å². The molecule has 0 saturated carbocycles. The lowest BCUT2D eigenvalue weighted by Crippen LogP contribution is -2.31. The Kier molecular flexibility index (Phi) is 3.17. The van der Waals surface area contributed by atoms with Crippen LogP contribution in [0.15, 0.2) is 28.8 Å². The number of fused-ring (bicyclic) bond motifs is 1. The molecular weight excluding hydrogens is 279 g/mol. The number of benzene rings is 1. The van der Waals surface area contributed by atoms with Crippen molar-refractivity contribution in [3.05, 3.63) is 47.0 Å². The molecule has 0 fully saturated rings. The smallest absolute Gasteiger partial charge is 0.290 e. The normalized spacial score (nSPS) is 13.7. The lowest BCUT2D eigenvalue weighted by molar-refractivity contribution is 0.0653. The molecule has 1 aliphatic heterocycles. The highest BCUT2D eigenvalue weighted by Gasteiger charge is 2.35. The standard InChI is InChI=1S/C14H11FN2O4/c1-20-12-11(15)10(21-16-12)6-7-17-13(18)8-4-2-3-5-9(8)14(17)19/h2-5H,6-7H2,1H3. The van der Waals surface area contributed by atoms with Gasteiger partial charge in [-0.2, -0.15) is 4.39 Å². The van der Waals surface area contributed by atoms with Gasteiger partial charge in [0.15, 0.2) is 5.76 Å². The molecule has 0 N–H and O–H groups in total. The molecule has 108 valence electrons. The number of ether oxygens (including phenoxy) is 1. The van der Waals surface area contributed by atoms with E-state index in [2.05, 4.69) is 9.89 Å². The van der Waals surface area contributed by atoms with Crippen LogP contribution in [0.25, 0.3) is 0 Å². The molecule has 0 radical (unpaired) electrons. The summed E-state index contributed by atoms with van der Waals surface area (Å²) in [5.41, 5.74) is 0.719. The fourth-order valence-corrected chi connectivity index (χ4v) is 2.23. The van der Waals surface area contributed by atoms with E-state index in [9.17, 15) is 14.0 Å². The van der Waals surface area contributed by atoms with E-state index in [1.807, 2.05) is 0 Å². The molecule has 2 heterocycles. The summed E-state index contributed by atoms with van der Waals surface area (Å²) in [5.74, 6) is -1.78. The highest BCUT2D eigenvalue weighted by atomic mass is 19.1. The van der Waals surface area contributed by atoms with Crippen molar-refractivity contribution < 1.29 is 23.2 Å². The Balaban J connectivity index is 1.76. The molecule has 6 nitrogen and oxygen atoms in total. The largest absolute Gasteiger partial charge is 0.477 e. The van der Waals surface area contributed by atoms with Gasteiger partial charge >= 0.3 is 0 Å². The lowest BCUT2D eigenvalue weighted by atomic mass is 10.1. The fourth-order valence-electron chi connectivity index (χ4n) is 2.23. The summed E-state index contributed by atoms with van der Waals surface area (Å²) in [5, 5.41) is 3.40. The third kappa shape index (κ3) is 2.06. The molecule has 7 heteroatoms. The monoisotopic (exact) mass is 290 g/mol. The van der Waals surface area contributed by atoms with E-state index in [0.717, 1.165) is 4.90 Å². The minimum atomic E-state index is -0.714. The summed E-state index contributed by atoms with van der Waals surface area (Å²) >= 11 is 0. The van der Waals surface area contributed by atoms with Crippen LogP contribution in [0.4, 0.5) is 4.39 Å². The number of hydrogen-bond acceptors (Lipinski definition) is 5. The van der Waals surface area contributed by atoms with E-state index in [4.69, 9.17) is 4.52 Å². The van der Waals surface area contributed by atoms with Gasteiger partial charge in [0, 0.05) is 13.0 Å². The van der Waals surface area contributed by atoms with Crippen molar-refractivity contribution >= 4 is 11.8 Å². The van der Waals surface area contributed by atoms with E-state index in [1.54, 1.807) is 24.3 Å². The topological polar surface area (TPSA) is 72.6 Å². The minimum absolute atomic E-state index is 0.0155. The number of carbonyl (C=O) groups is 2. The second-order valence-electron chi connectivity index (χ2n) is 4.49. The van der Waals surface area contributed by atoms with Gasteiger partial charge in [-0.05, 0) is 17.3 Å². The van der Waals surface area contributed by atoms with Gasteiger partial charge in [-0.15, -0.1) is 0 Å². The van der Waals surface area contributed by atoms with Crippen molar-refractivity contribution in [2.75, 3.05) is 13.7 Å². The predicted octanol–water partition coefficient (Wildman–Crippen LogP) is 1.66. The molecule has 0 saturated heterocycles. The van der Waals surface area contributed by atoms with E-state index in [0.29, 0.717) is 11.1 Å². The first-order valence-corrected chi connectivity index (χ1v) is 6.26.